The molecule has 14 heavy (non-hydrogen) atoms. The van der Waals surface area contributed by atoms with Gasteiger partial charge in [0.25, 0.3) is 0 Å². The van der Waals surface area contributed by atoms with Gasteiger partial charge in [0, 0.05) is 5.54 Å². The highest BCUT2D eigenvalue weighted by atomic mass is 16.5. The quantitative estimate of drug-likeness (QED) is 0.781. The lowest BCUT2D eigenvalue weighted by molar-refractivity contribution is 0.270. The molecule has 2 rings (SSSR count). The number of nitrogens with one attached hydrogen (secondary N) is 1. The van der Waals surface area contributed by atoms with E-state index in [9.17, 15) is 0 Å². The molecule has 1 saturated carbocycles. The van der Waals surface area contributed by atoms with E-state index in [1.165, 1.54) is 0 Å². The minimum atomic E-state index is -0.0422. The van der Waals surface area contributed by atoms with Crippen LogP contribution >= 0.6 is 0 Å². The number of hydrogen-bond acceptors (Lipinski definition) is 4. The summed E-state index contributed by atoms with van der Waals surface area (Å²) in [6.45, 7) is 8.29. The Morgan fingerprint density at radius 2 is 2.00 bits per heavy atom. The maximum Gasteiger partial charge on any atom is 0.246 e. The van der Waals surface area contributed by atoms with Crippen molar-refractivity contribution < 1.29 is 4.52 Å². The topological polar surface area (TPSA) is 51.0 Å². The minimum absolute atomic E-state index is 0.0422. The summed E-state index contributed by atoms with van der Waals surface area (Å²) < 4.78 is 5.21. The molecule has 1 aliphatic carbocycles. The predicted molar refractivity (Wildman–Crippen MR) is 52.8 cm³/mol. The zero-order valence-electron chi connectivity index (χ0n) is 9.22. The van der Waals surface area contributed by atoms with E-state index in [2.05, 4.69) is 36.2 Å². The molecule has 0 unspecified atom stereocenters. The van der Waals surface area contributed by atoms with E-state index in [-0.39, 0.29) is 11.1 Å². The summed E-state index contributed by atoms with van der Waals surface area (Å²) >= 11 is 0. The highest BCUT2D eigenvalue weighted by molar-refractivity contribution is 5.15. The van der Waals surface area contributed by atoms with Crippen molar-refractivity contribution >= 4 is 0 Å². The van der Waals surface area contributed by atoms with Crippen molar-refractivity contribution in [1.82, 2.24) is 15.5 Å². The summed E-state index contributed by atoms with van der Waals surface area (Å²) in [5.74, 6) is 1.45. The average molecular weight is 195 g/mol. The first kappa shape index (κ1) is 9.65. The fourth-order valence-corrected chi connectivity index (χ4v) is 1.73. The van der Waals surface area contributed by atoms with Crippen molar-refractivity contribution in [2.24, 2.45) is 0 Å². The van der Waals surface area contributed by atoms with Gasteiger partial charge in [-0.2, -0.15) is 4.98 Å². The highest BCUT2D eigenvalue weighted by Gasteiger charge is 2.51. The lowest BCUT2D eigenvalue weighted by Gasteiger charge is -2.26. The first-order valence-electron chi connectivity index (χ1n) is 5.01. The molecule has 0 amide bonds. The predicted octanol–water partition coefficient (Wildman–Crippen LogP) is 1.76. The molecule has 1 N–H and O–H groups in total. The summed E-state index contributed by atoms with van der Waals surface area (Å²) in [4.78, 5) is 4.29. The van der Waals surface area contributed by atoms with Crippen LogP contribution in [0.15, 0.2) is 4.52 Å². The normalized spacial score (nSPS) is 19.7. The second-order valence-electron chi connectivity index (χ2n) is 5.10. The SMILES string of the molecule is Cc1noc(C2(NC(C)(C)C)CC2)n1. The number of aromatic nitrogens is 2. The Hall–Kier alpha value is -0.900. The van der Waals surface area contributed by atoms with Crippen LogP contribution < -0.4 is 5.32 Å². The lowest BCUT2D eigenvalue weighted by Crippen LogP contribution is -2.43. The Morgan fingerprint density at radius 3 is 2.36 bits per heavy atom. The van der Waals surface area contributed by atoms with Crippen LogP contribution in [0.25, 0.3) is 0 Å². The number of nitrogens with zero attached hydrogens (tertiary/aromatic N) is 2. The summed E-state index contributed by atoms with van der Waals surface area (Å²) in [6.07, 6.45) is 2.18. The smallest absolute Gasteiger partial charge is 0.246 e. The fourth-order valence-electron chi connectivity index (χ4n) is 1.73. The lowest BCUT2D eigenvalue weighted by atomic mass is 10.1. The van der Waals surface area contributed by atoms with E-state index in [1.54, 1.807) is 0 Å². The zero-order valence-corrected chi connectivity index (χ0v) is 9.22. The van der Waals surface area contributed by atoms with E-state index in [4.69, 9.17) is 4.52 Å². The maximum absolute atomic E-state index is 5.21. The molecule has 1 fully saturated rings. The molecule has 1 aromatic rings. The minimum Gasteiger partial charge on any atom is -0.337 e. The van der Waals surface area contributed by atoms with Gasteiger partial charge in [-0.3, -0.25) is 5.32 Å². The van der Waals surface area contributed by atoms with Gasteiger partial charge >= 0.3 is 0 Å². The van der Waals surface area contributed by atoms with Gasteiger partial charge in [-0.15, -0.1) is 0 Å². The summed E-state index contributed by atoms with van der Waals surface area (Å²) in [5, 5.41) is 7.37. The Kier molecular flexibility index (Phi) is 1.93. The van der Waals surface area contributed by atoms with Crippen molar-refractivity contribution in [3.8, 4) is 0 Å². The van der Waals surface area contributed by atoms with Crippen molar-refractivity contribution in [2.75, 3.05) is 0 Å². The molecule has 0 aromatic carbocycles. The van der Waals surface area contributed by atoms with Gasteiger partial charge in [0.2, 0.25) is 5.89 Å². The highest BCUT2D eigenvalue weighted by Crippen LogP contribution is 2.45. The Balaban J connectivity index is 2.17. The number of aryl methyl sites for hydroxylation is 1. The molecule has 4 nitrogen and oxygen atoms in total. The van der Waals surface area contributed by atoms with Crippen LogP contribution in [0.4, 0.5) is 0 Å². The molecule has 1 aliphatic rings. The molecule has 0 bridgehead atoms. The van der Waals surface area contributed by atoms with Crippen molar-refractivity contribution in [3.05, 3.63) is 11.7 Å². The van der Waals surface area contributed by atoms with Crippen LogP contribution in [0.2, 0.25) is 0 Å². The van der Waals surface area contributed by atoms with Gasteiger partial charge < -0.3 is 4.52 Å². The van der Waals surface area contributed by atoms with E-state index in [1.807, 2.05) is 6.92 Å². The van der Waals surface area contributed by atoms with Crippen LogP contribution in [0.3, 0.4) is 0 Å². The van der Waals surface area contributed by atoms with E-state index >= 15 is 0 Å². The van der Waals surface area contributed by atoms with Crippen molar-refractivity contribution in [1.29, 1.82) is 0 Å². The van der Waals surface area contributed by atoms with E-state index in [0.29, 0.717) is 5.82 Å². The first-order chi connectivity index (χ1) is 6.41. The molecule has 1 aromatic heterocycles. The largest absolute Gasteiger partial charge is 0.337 e. The van der Waals surface area contributed by atoms with Gasteiger partial charge in [-0.25, -0.2) is 0 Å². The van der Waals surface area contributed by atoms with Crippen LogP contribution in [-0.4, -0.2) is 15.7 Å². The molecular formula is C10H17N3O. The number of hydrogen-bond donors (Lipinski definition) is 1. The average Bonchev–Trinajstić information content (AvgIpc) is 2.62. The van der Waals surface area contributed by atoms with Crippen molar-refractivity contribution in [3.63, 3.8) is 0 Å². The summed E-state index contributed by atoms with van der Waals surface area (Å²) in [5.41, 5.74) is 0.0401. The van der Waals surface area contributed by atoms with Crippen LogP contribution in [0.1, 0.15) is 45.3 Å². The fraction of sp³-hybridized carbons (Fsp3) is 0.800. The summed E-state index contributed by atoms with van der Waals surface area (Å²) in [6, 6.07) is 0. The molecule has 0 aliphatic heterocycles. The molecule has 1 heterocycles. The summed E-state index contributed by atoms with van der Waals surface area (Å²) in [7, 11) is 0. The molecule has 0 radical (unpaired) electrons. The van der Waals surface area contributed by atoms with Gasteiger partial charge in [-0.1, -0.05) is 5.16 Å². The van der Waals surface area contributed by atoms with Crippen LogP contribution in [0.5, 0.6) is 0 Å². The first-order valence-corrected chi connectivity index (χ1v) is 5.01. The standard InChI is InChI=1S/C10H17N3O/c1-7-11-8(14-12-7)10(5-6-10)13-9(2,3)4/h13H,5-6H2,1-4H3. The van der Waals surface area contributed by atoms with Gasteiger partial charge in [0.1, 0.15) is 0 Å². The molecule has 0 saturated heterocycles. The van der Waals surface area contributed by atoms with Gasteiger partial charge in [0.05, 0.1) is 5.54 Å². The number of rotatable bonds is 2. The third kappa shape index (κ3) is 1.80. The van der Waals surface area contributed by atoms with Crippen molar-refractivity contribution in [2.45, 2.75) is 51.6 Å². The molecule has 0 atom stereocenters. The molecule has 0 spiro atoms. The third-order valence-electron chi connectivity index (χ3n) is 2.30. The van der Waals surface area contributed by atoms with E-state index < -0.39 is 0 Å². The maximum atomic E-state index is 5.21. The van der Waals surface area contributed by atoms with Gasteiger partial charge in [-0.05, 0) is 40.5 Å². The third-order valence-corrected chi connectivity index (χ3v) is 2.30. The van der Waals surface area contributed by atoms with Crippen LogP contribution in [-0.2, 0) is 5.54 Å². The zero-order chi connectivity index (χ0) is 10.4. The Morgan fingerprint density at radius 1 is 1.36 bits per heavy atom. The van der Waals surface area contributed by atoms with Crippen LogP contribution in [0, 0.1) is 6.92 Å². The monoisotopic (exact) mass is 195 g/mol. The second-order valence-corrected chi connectivity index (χ2v) is 5.10. The van der Waals surface area contributed by atoms with Gasteiger partial charge in [0.15, 0.2) is 5.82 Å². The Labute approximate surface area is 84.1 Å². The Bertz CT molecular complexity index is 333. The second kappa shape index (κ2) is 2.79. The molecule has 4 heteroatoms. The molecular weight excluding hydrogens is 178 g/mol. The molecule has 78 valence electrons. The van der Waals surface area contributed by atoms with E-state index in [0.717, 1.165) is 18.7 Å².